The summed E-state index contributed by atoms with van der Waals surface area (Å²) in [5.41, 5.74) is 10.4. The average Bonchev–Trinajstić information content (AvgIpc) is 2.33. The summed E-state index contributed by atoms with van der Waals surface area (Å²) >= 11 is 3.32. The van der Waals surface area contributed by atoms with Gasteiger partial charge in [-0.15, -0.1) is 0 Å². The second kappa shape index (κ2) is 4.91. The third kappa shape index (κ3) is 2.25. The lowest BCUT2D eigenvalue weighted by molar-refractivity contribution is 0.477. The van der Waals surface area contributed by atoms with Crippen LogP contribution in [0, 0.1) is 0 Å². The third-order valence-corrected chi connectivity index (χ3v) is 2.97. The maximum Gasteiger partial charge on any atom is 0.123 e. The summed E-state index contributed by atoms with van der Waals surface area (Å²) in [7, 11) is 0. The van der Waals surface area contributed by atoms with Gasteiger partial charge in [-0.3, -0.25) is 0 Å². The summed E-state index contributed by atoms with van der Waals surface area (Å²) in [6, 6.07) is 12.3. The molecule has 5 heteroatoms. The maximum absolute atomic E-state index is 9.80. The number of aromatic hydroxyl groups is 1. The van der Waals surface area contributed by atoms with Crippen LogP contribution in [0.25, 0.3) is 21.6 Å². The SMILES string of the molecule is [N-]=[N+]=Nc1c(Br)cccc1-c1ccccc1O. The van der Waals surface area contributed by atoms with Gasteiger partial charge in [0.1, 0.15) is 5.75 Å². The standard InChI is InChI=1S/C12H8BrN3O/c13-10-6-3-5-9(12(10)15-16-14)8-4-1-2-7-11(8)17/h1-7,17H. The van der Waals surface area contributed by atoms with E-state index in [9.17, 15) is 5.11 Å². The maximum atomic E-state index is 9.80. The summed E-state index contributed by atoms with van der Waals surface area (Å²) in [6.45, 7) is 0. The Morgan fingerprint density at radius 2 is 1.76 bits per heavy atom. The molecule has 0 bridgehead atoms. The fourth-order valence-corrected chi connectivity index (χ4v) is 2.03. The lowest BCUT2D eigenvalue weighted by Gasteiger charge is -2.08. The summed E-state index contributed by atoms with van der Waals surface area (Å²) in [5, 5.41) is 13.4. The first-order valence-corrected chi connectivity index (χ1v) is 5.65. The summed E-state index contributed by atoms with van der Waals surface area (Å²) < 4.78 is 0.691. The van der Waals surface area contributed by atoms with E-state index in [4.69, 9.17) is 5.53 Å². The van der Waals surface area contributed by atoms with E-state index in [0.29, 0.717) is 21.3 Å². The second-order valence-electron chi connectivity index (χ2n) is 3.34. The van der Waals surface area contributed by atoms with Crippen LogP contribution in [0.1, 0.15) is 0 Å². The Labute approximate surface area is 106 Å². The zero-order chi connectivity index (χ0) is 12.3. The van der Waals surface area contributed by atoms with Crippen LogP contribution >= 0.6 is 15.9 Å². The highest BCUT2D eigenvalue weighted by atomic mass is 79.9. The van der Waals surface area contributed by atoms with Crippen molar-refractivity contribution in [3.8, 4) is 16.9 Å². The van der Waals surface area contributed by atoms with E-state index >= 15 is 0 Å². The zero-order valence-corrected chi connectivity index (χ0v) is 10.3. The molecule has 0 aliphatic carbocycles. The van der Waals surface area contributed by atoms with Crippen molar-refractivity contribution in [2.45, 2.75) is 0 Å². The normalized spacial score (nSPS) is 9.71. The molecule has 0 radical (unpaired) electrons. The lowest BCUT2D eigenvalue weighted by Crippen LogP contribution is -1.80. The van der Waals surface area contributed by atoms with Crippen molar-refractivity contribution in [1.82, 2.24) is 0 Å². The van der Waals surface area contributed by atoms with Crippen molar-refractivity contribution < 1.29 is 5.11 Å². The molecule has 4 nitrogen and oxygen atoms in total. The molecule has 0 aliphatic heterocycles. The molecule has 2 rings (SSSR count). The van der Waals surface area contributed by atoms with Gasteiger partial charge in [0.2, 0.25) is 0 Å². The number of hydrogen-bond acceptors (Lipinski definition) is 2. The molecule has 0 unspecified atom stereocenters. The van der Waals surface area contributed by atoms with Crippen LogP contribution in [0.4, 0.5) is 5.69 Å². The number of benzene rings is 2. The van der Waals surface area contributed by atoms with Crippen LogP contribution < -0.4 is 0 Å². The van der Waals surface area contributed by atoms with Crippen molar-refractivity contribution in [3.05, 3.63) is 57.4 Å². The zero-order valence-electron chi connectivity index (χ0n) is 8.71. The molecule has 0 amide bonds. The van der Waals surface area contributed by atoms with Gasteiger partial charge in [-0.05, 0) is 23.2 Å². The topological polar surface area (TPSA) is 69.0 Å². The highest BCUT2D eigenvalue weighted by Gasteiger charge is 2.09. The molecule has 0 fully saturated rings. The van der Waals surface area contributed by atoms with Crippen LogP contribution in [0.2, 0.25) is 0 Å². The first-order chi connectivity index (χ1) is 8.24. The van der Waals surface area contributed by atoms with Gasteiger partial charge in [-0.1, -0.05) is 51.4 Å². The number of nitrogens with zero attached hydrogens (tertiary/aromatic N) is 3. The molecule has 2 aromatic carbocycles. The van der Waals surface area contributed by atoms with Gasteiger partial charge >= 0.3 is 0 Å². The Morgan fingerprint density at radius 1 is 1.06 bits per heavy atom. The van der Waals surface area contributed by atoms with Crippen LogP contribution in [-0.4, -0.2) is 5.11 Å². The molecule has 17 heavy (non-hydrogen) atoms. The molecule has 0 aliphatic rings. The number of para-hydroxylation sites is 1. The molecule has 0 heterocycles. The predicted octanol–water partition coefficient (Wildman–Crippen LogP) is 4.76. The summed E-state index contributed by atoms with van der Waals surface area (Å²) in [4.78, 5) is 2.80. The van der Waals surface area contributed by atoms with E-state index in [-0.39, 0.29) is 5.75 Å². The van der Waals surface area contributed by atoms with E-state index in [1.165, 1.54) is 0 Å². The molecule has 0 spiro atoms. The highest BCUT2D eigenvalue weighted by Crippen LogP contribution is 2.39. The van der Waals surface area contributed by atoms with Gasteiger partial charge in [-0.2, -0.15) is 0 Å². The average molecular weight is 290 g/mol. The minimum absolute atomic E-state index is 0.153. The van der Waals surface area contributed by atoms with Crippen molar-refractivity contribution in [3.63, 3.8) is 0 Å². The van der Waals surface area contributed by atoms with Crippen LogP contribution in [0.5, 0.6) is 5.75 Å². The Hall–Kier alpha value is -1.97. The molecule has 84 valence electrons. The first-order valence-electron chi connectivity index (χ1n) is 4.86. The predicted molar refractivity (Wildman–Crippen MR) is 70.0 cm³/mol. The Kier molecular flexibility index (Phi) is 3.32. The van der Waals surface area contributed by atoms with Crippen molar-refractivity contribution in [1.29, 1.82) is 0 Å². The van der Waals surface area contributed by atoms with Gasteiger partial charge in [0.25, 0.3) is 0 Å². The Balaban J connectivity index is 2.72. The van der Waals surface area contributed by atoms with Crippen LogP contribution in [0.3, 0.4) is 0 Å². The fourth-order valence-electron chi connectivity index (χ4n) is 1.58. The molecular weight excluding hydrogens is 282 g/mol. The number of azide groups is 1. The largest absolute Gasteiger partial charge is 0.507 e. The number of hydrogen-bond donors (Lipinski definition) is 1. The molecule has 0 saturated heterocycles. The van der Waals surface area contributed by atoms with E-state index in [0.717, 1.165) is 0 Å². The number of phenols is 1. The quantitative estimate of drug-likeness (QED) is 0.483. The molecule has 2 aromatic rings. The van der Waals surface area contributed by atoms with Crippen LogP contribution in [-0.2, 0) is 0 Å². The van der Waals surface area contributed by atoms with E-state index in [1.807, 2.05) is 12.1 Å². The van der Waals surface area contributed by atoms with Gasteiger partial charge < -0.3 is 5.11 Å². The van der Waals surface area contributed by atoms with Crippen LogP contribution in [0.15, 0.2) is 52.1 Å². The van der Waals surface area contributed by atoms with E-state index in [1.54, 1.807) is 30.3 Å². The first kappa shape index (κ1) is 11.5. The number of halogens is 1. The Bertz CT molecular complexity index is 606. The van der Waals surface area contributed by atoms with E-state index < -0.39 is 0 Å². The third-order valence-electron chi connectivity index (χ3n) is 2.33. The molecule has 1 N–H and O–H groups in total. The second-order valence-corrected chi connectivity index (χ2v) is 4.20. The summed E-state index contributed by atoms with van der Waals surface area (Å²) in [5.74, 6) is 0.153. The minimum Gasteiger partial charge on any atom is -0.507 e. The summed E-state index contributed by atoms with van der Waals surface area (Å²) in [6.07, 6.45) is 0. The van der Waals surface area contributed by atoms with Gasteiger partial charge in [-0.25, -0.2) is 0 Å². The fraction of sp³-hybridized carbons (Fsp3) is 0. The Morgan fingerprint density at radius 3 is 2.47 bits per heavy atom. The molecule has 0 aromatic heterocycles. The smallest absolute Gasteiger partial charge is 0.123 e. The van der Waals surface area contributed by atoms with Gasteiger partial charge in [0, 0.05) is 14.9 Å². The lowest BCUT2D eigenvalue weighted by atomic mass is 10.0. The molecule has 0 atom stereocenters. The molecular formula is C12H8BrN3O. The van der Waals surface area contributed by atoms with Crippen molar-refractivity contribution in [2.75, 3.05) is 0 Å². The number of rotatable bonds is 2. The van der Waals surface area contributed by atoms with E-state index in [2.05, 4.69) is 26.0 Å². The van der Waals surface area contributed by atoms with Crippen molar-refractivity contribution >= 4 is 21.6 Å². The highest BCUT2D eigenvalue weighted by molar-refractivity contribution is 9.10. The van der Waals surface area contributed by atoms with Gasteiger partial charge in [0.15, 0.2) is 0 Å². The minimum atomic E-state index is 0.153. The number of phenolic OH excluding ortho intramolecular Hbond substituents is 1. The molecule has 0 saturated carbocycles. The monoisotopic (exact) mass is 289 g/mol. The van der Waals surface area contributed by atoms with Gasteiger partial charge in [0.05, 0.1) is 5.69 Å². The van der Waals surface area contributed by atoms with Crippen molar-refractivity contribution in [2.24, 2.45) is 5.11 Å².